The summed E-state index contributed by atoms with van der Waals surface area (Å²) in [6.07, 6.45) is 0. The Morgan fingerprint density at radius 2 is 2.18 bits per heavy atom. The van der Waals surface area contributed by atoms with Crippen LogP contribution in [0.1, 0.15) is 30.0 Å². The molecule has 0 spiro atoms. The summed E-state index contributed by atoms with van der Waals surface area (Å²) in [5.74, 6) is 0.324. The first kappa shape index (κ1) is 11.6. The fraction of sp³-hybridized carbons (Fsp3) is 0.333. The number of carbonyl (C=O) groups is 1. The number of aromatic nitrogens is 2. The van der Waals surface area contributed by atoms with E-state index in [4.69, 9.17) is 5.73 Å². The first-order valence-electron chi connectivity index (χ1n) is 5.29. The van der Waals surface area contributed by atoms with E-state index in [2.05, 4.69) is 14.7 Å². The van der Waals surface area contributed by atoms with Crippen LogP contribution in [0.3, 0.4) is 0 Å². The number of esters is 1. The minimum absolute atomic E-state index is 0.366. The number of nitrogens with zero attached hydrogens (tertiary/aromatic N) is 1. The average molecular weight is 233 g/mol. The lowest BCUT2D eigenvalue weighted by atomic mass is 10.1. The number of carbonyl (C=O) groups excluding carboxylic acids is 1. The second-order valence-electron chi connectivity index (χ2n) is 4.53. The lowest BCUT2D eigenvalue weighted by molar-refractivity contribution is 0.0601. The van der Waals surface area contributed by atoms with E-state index in [1.807, 2.05) is 13.8 Å². The smallest absolute Gasteiger partial charge is 0.337 e. The molecule has 2 aromatic rings. The van der Waals surface area contributed by atoms with E-state index >= 15 is 0 Å². The maximum Gasteiger partial charge on any atom is 0.337 e. The number of H-pyrrole nitrogens is 1. The van der Waals surface area contributed by atoms with Crippen molar-refractivity contribution in [1.82, 2.24) is 9.97 Å². The van der Waals surface area contributed by atoms with Gasteiger partial charge in [0.15, 0.2) is 0 Å². The van der Waals surface area contributed by atoms with Crippen molar-refractivity contribution in [2.75, 3.05) is 7.11 Å². The largest absolute Gasteiger partial charge is 0.465 e. The first-order valence-corrected chi connectivity index (χ1v) is 5.29. The molecule has 0 aliphatic carbocycles. The number of rotatable bonds is 2. The molecule has 17 heavy (non-hydrogen) atoms. The molecule has 0 unspecified atom stereocenters. The predicted molar refractivity (Wildman–Crippen MR) is 64.6 cm³/mol. The fourth-order valence-corrected chi connectivity index (χ4v) is 1.56. The van der Waals surface area contributed by atoms with E-state index in [0.29, 0.717) is 11.4 Å². The van der Waals surface area contributed by atoms with Gasteiger partial charge in [0, 0.05) is 0 Å². The number of nitrogens with two attached hydrogens (primary N) is 1. The topological polar surface area (TPSA) is 81.0 Å². The zero-order valence-corrected chi connectivity index (χ0v) is 10.1. The molecule has 5 nitrogen and oxygen atoms in total. The van der Waals surface area contributed by atoms with Gasteiger partial charge >= 0.3 is 5.97 Å². The van der Waals surface area contributed by atoms with Crippen molar-refractivity contribution in [3.8, 4) is 0 Å². The molecule has 0 fully saturated rings. The number of benzene rings is 1. The van der Waals surface area contributed by atoms with Gasteiger partial charge in [0.05, 0.1) is 29.2 Å². The lowest BCUT2D eigenvalue weighted by Gasteiger charge is -2.13. The highest BCUT2D eigenvalue weighted by Gasteiger charge is 2.19. The Bertz CT molecular complexity index is 567. The second kappa shape index (κ2) is 3.85. The molecule has 0 saturated carbocycles. The van der Waals surface area contributed by atoms with Crippen LogP contribution in [-0.4, -0.2) is 23.0 Å². The van der Waals surface area contributed by atoms with Crippen molar-refractivity contribution in [3.63, 3.8) is 0 Å². The van der Waals surface area contributed by atoms with Crippen molar-refractivity contribution in [3.05, 3.63) is 29.6 Å². The van der Waals surface area contributed by atoms with Crippen molar-refractivity contribution in [1.29, 1.82) is 0 Å². The maximum absolute atomic E-state index is 11.4. The van der Waals surface area contributed by atoms with Gasteiger partial charge in [-0.1, -0.05) is 0 Å². The summed E-state index contributed by atoms with van der Waals surface area (Å²) in [7, 11) is 1.36. The summed E-state index contributed by atoms with van der Waals surface area (Å²) in [5.41, 5.74) is 7.48. The number of aromatic amines is 1. The Hall–Kier alpha value is -1.88. The number of imidazole rings is 1. The molecule has 0 atom stereocenters. The molecule has 90 valence electrons. The molecule has 3 N–H and O–H groups in total. The van der Waals surface area contributed by atoms with Gasteiger partial charge in [-0.2, -0.15) is 0 Å². The zero-order valence-electron chi connectivity index (χ0n) is 10.1. The average Bonchev–Trinajstić information content (AvgIpc) is 2.70. The fourth-order valence-electron chi connectivity index (χ4n) is 1.56. The van der Waals surface area contributed by atoms with Gasteiger partial charge < -0.3 is 15.5 Å². The Morgan fingerprint density at radius 3 is 2.76 bits per heavy atom. The number of ether oxygens (including phenoxy) is 1. The summed E-state index contributed by atoms with van der Waals surface area (Å²) in [5, 5.41) is 0. The molecule has 1 aromatic carbocycles. The summed E-state index contributed by atoms with van der Waals surface area (Å²) < 4.78 is 4.66. The minimum Gasteiger partial charge on any atom is -0.465 e. The SMILES string of the molecule is COC(=O)c1ccc2nc(C(C)(C)N)[nH]c2c1. The van der Waals surface area contributed by atoms with E-state index in [9.17, 15) is 4.79 Å². The summed E-state index contributed by atoms with van der Waals surface area (Å²) in [4.78, 5) is 18.9. The van der Waals surface area contributed by atoms with Gasteiger partial charge in [-0.3, -0.25) is 0 Å². The van der Waals surface area contributed by atoms with Gasteiger partial charge in [-0.15, -0.1) is 0 Å². The number of hydrogen-bond acceptors (Lipinski definition) is 4. The number of methoxy groups -OCH3 is 1. The van der Waals surface area contributed by atoms with E-state index in [0.717, 1.165) is 11.0 Å². The van der Waals surface area contributed by atoms with E-state index in [1.54, 1.807) is 18.2 Å². The molecule has 1 aromatic heterocycles. The molecule has 0 radical (unpaired) electrons. The summed E-state index contributed by atoms with van der Waals surface area (Å²) >= 11 is 0. The highest BCUT2D eigenvalue weighted by molar-refractivity contribution is 5.93. The first-order chi connectivity index (χ1) is 7.91. The molecule has 5 heteroatoms. The number of fused-ring (bicyclic) bond motifs is 1. The molecule has 0 bridgehead atoms. The molecule has 2 rings (SSSR count). The molecular formula is C12H15N3O2. The molecule has 0 aliphatic heterocycles. The van der Waals surface area contributed by atoms with Gasteiger partial charge in [-0.05, 0) is 32.0 Å². The van der Waals surface area contributed by atoms with Crippen LogP contribution in [0.5, 0.6) is 0 Å². The van der Waals surface area contributed by atoms with Gasteiger partial charge in [0.1, 0.15) is 5.82 Å². The monoisotopic (exact) mass is 233 g/mol. The molecule has 0 saturated heterocycles. The van der Waals surface area contributed by atoms with Crippen LogP contribution in [0.15, 0.2) is 18.2 Å². The van der Waals surface area contributed by atoms with Crippen LogP contribution in [0, 0.1) is 0 Å². The highest BCUT2D eigenvalue weighted by atomic mass is 16.5. The van der Waals surface area contributed by atoms with Crippen molar-refractivity contribution < 1.29 is 9.53 Å². The Labute approximate surface area is 99.0 Å². The maximum atomic E-state index is 11.4. The predicted octanol–water partition coefficient (Wildman–Crippen LogP) is 1.54. The Morgan fingerprint density at radius 1 is 1.47 bits per heavy atom. The molecular weight excluding hydrogens is 218 g/mol. The Kier molecular flexibility index (Phi) is 2.63. The molecule has 0 aliphatic rings. The third kappa shape index (κ3) is 2.14. The van der Waals surface area contributed by atoms with Crippen LogP contribution >= 0.6 is 0 Å². The number of nitrogens with one attached hydrogen (secondary N) is 1. The standard InChI is InChI=1S/C12H15N3O2/c1-12(2,13)11-14-8-5-4-7(10(16)17-3)6-9(8)15-11/h4-6H,13H2,1-3H3,(H,14,15). The molecule has 0 amide bonds. The van der Waals surface area contributed by atoms with Crippen molar-refractivity contribution in [2.45, 2.75) is 19.4 Å². The zero-order chi connectivity index (χ0) is 12.6. The summed E-state index contributed by atoms with van der Waals surface area (Å²) in [6.45, 7) is 3.73. The van der Waals surface area contributed by atoms with E-state index < -0.39 is 5.54 Å². The Balaban J connectivity index is 2.52. The van der Waals surface area contributed by atoms with E-state index in [-0.39, 0.29) is 5.97 Å². The second-order valence-corrected chi connectivity index (χ2v) is 4.53. The van der Waals surface area contributed by atoms with E-state index in [1.165, 1.54) is 7.11 Å². The van der Waals surface area contributed by atoms with Crippen LogP contribution in [0.25, 0.3) is 11.0 Å². The third-order valence-corrected chi connectivity index (χ3v) is 2.51. The third-order valence-electron chi connectivity index (χ3n) is 2.51. The lowest BCUT2D eigenvalue weighted by Crippen LogP contribution is -2.30. The summed E-state index contributed by atoms with van der Waals surface area (Å²) in [6, 6.07) is 5.17. The van der Waals surface area contributed by atoms with Crippen LogP contribution in [-0.2, 0) is 10.3 Å². The minimum atomic E-state index is -0.537. The van der Waals surface area contributed by atoms with Gasteiger partial charge in [0.25, 0.3) is 0 Å². The normalized spacial score (nSPS) is 11.8. The van der Waals surface area contributed by atoms with Crippen molar-refractivity contribution >= 4 is 17.0 Å². The quantitative estimate of drug-likeness (QED) is 0.771. The number of hydrogen-bond donors (Lipinski definition) is 2. The van der Waals surface area contributed by atoms with Gasteiger partial charge in [-0.25, -0.2) is 9.78 Å². The van der Waals surface area contributed by atoms with Crippen LogP contribution < -0.4 is 5.73 Å². The van der Waals surface area contributed by atoms with Crippen LogP contribution in [0.4, 0.5) is 0 Å². The van der Waals surface area contributed by atoms with Gasteiger partial charge in [0.2, 0.25) is 0 Å². The van der Waals surface area contributed by atoms with Crippen LogP contribution in [0.2, 0.25) is 0 Å². The van der Waals surface area contributed by atoms with Crippen molar-refractivity contribution in [2.24, 2.45) is 5.73 Å². The molecule has 1 heterocycles. The highest BCUT2D eigenvalue weighted by Crippen LogP contribution is 2.19.